The summed E-state index contributed by atoms with van der Waals surface area (Å²) in [6.07, 6.45) is 5.64. The molecule has 1 aromatic carbocycles. The Labute approximate surface area is 124 Å². The lowest BCUT2D eigenvalue weighted by Crippen LogP contribution is -2.46. The summed E-state index contributed by atoms with van der Waals surface area (Å²) in [5, 5.41) is 3.24. The van der Waals surface area contributed by atoms with Gasteiger partial charge in [-0.25, -0.2) is 0 Å². The number of carbonyl (C=O) groups is 1. The fraction of sp³-hybridized carbons (Fsp3) is 0.438. The van der Waals surface area contributed by atoms with Crippen molar-refractivity contribution in [1.29, 1.82) is 0 Å². The van der Waals surface area contributed by atoms with E-state index in [1.54, 1.807) is 6.08 Å². The molecule has 112 valence electrons. The van der Waals surface area contributed by atoms with E-state index in [4.69, 9.17) is 9.47 Å². The molecule has 1 unspecified atom stereocenters. The summed E-state index contributed by atoms with van der Waals surface area (Å²) in [6, 6.07) is 6.08. The summed E-state index contributed by atoms with van der Waals surface area (Å²) >= 11 is 0. The largest absolute Gasteiger partial charge is 0.454 e. The molecule has 0 aliphatic carbocycles. The molecule has 1 aromatic rings. The van der Waals surface area contributed by atoms with Crippen molar-refractivity contribution in [2.75, 3.05) is 26.9 Å². The third-order valence-electron chi connectivity index (χ3n) is 3.96. The summed E-state index contributed by atoms with van der Waals surface area (Å²) in [6.45, 7) is 1.88. The molecular weight excluding hydrogens is 268 g/mol. The van der Waals surface area contributed by atoms with E-state index < -0.39 is 0 Å². The summed E-state index contributed by atoms with van der Waals surface area (Å²) in [5.41, 5.74) is 0.940. The number of hydrogen-bond donors (Lipinski definition) is 1. The van der Waals surface area contributed by atoms with Crippen LogP contribution >= 0.6 is 0 Å². The van der Waals surface area contributed by atoms with Crippen molar-refractivity contribution in [2.45, 2.75) is 18.9 Å². The minimum Gasteiger partial charge on any atom is -0.454 e. The number of benzene rings is 1. The number of nitrogens with zero attached hydrogens (tertiary/aromatic N) is 1. The number of hydrogen-bond acceptors (Lipinski definition) is 4. The number of piperidine rings is 1. The van der Waals surface area contributed by atoms with Crippen LogP contribution in [0.15, 0.2) is 24.3 Å². The zero-order chi connectivity index (χ0) is 14.7. The average molecular weight is 288 g/mol. The minimum atomic E-state index is 0.0626. The van der Waals surface area contributed by atoms with Crippen LogP contribution in [-0.4, -0.2) is 43.8 Å². The molecule has 1 saturated heterocycles. The van der Waals surface area contributed by atoms with Gasteiger partial charge in [-0.15, -0.1) is 0 Å². The lowest BCUT2D eigenvalue weighted by molar-refractivity contribution is -0.127. The summed E-state index contributed by atoms with van der Waals surface area (Å²) < 4.78 is 10.6. The van der Waals surface area contributed by atoms with Crippen LogP contribution in [-0.2, 0) is 4.79 Å². The molecule has 5 nitrogen and oxygen atoms in total. The summed E-state index contributed by atoms with van der Waals surface area (Å²) in [4.78, 5) is 14.1. The van der Waals surface area contributed by atoms with Gasteiger partial charge in [0.1, 0.15) is 0 Å². The highest BCUT2D eigenvalue weighted by atomic mass is 16.7. The Balaban J connectivity index is 1.64. The van der Waals surface area contributed by atoms with Gasteiger partial charge in [0.25, 0.3) is 0 Å². The van der Waals surface area contributed by atoms with Gasteiger partial charge in [0, 0.05) is 25.2 Å². The van der Waals surface area contributed by atoms with E-state index >= 15 is 0 Å². The molecule has 2 heterocycles. The van der Waals surface area contributed by atoms with Gasteiger partial charge in [-0.3, -0.25) is 4.79 Å². The summed E-state index contributed by atoms with van der Waals surface area (Å²) in [7, 11) is 1.95. The number of likely N-dealkylation sites (N-methyl/N-ethyl adjacent to an activating group) is 1. The second-order valence-corrected chi connectivity index (χ2v) is 5.36. The molecule has 1 N–H and O–H groups in total. The highest BCUT2D eigenvalue weighted by Crippen LogP contribution is 2.32. The van der Waals surface area contributed by atoms with Crippen molar-refractivity contribution in [3.8, 4) is 11.5 Å². The second kappa shape index (κ2) is 6.18. The van der Waals surface area contributed by atoms with E-state index in [1.807, 2.05) is 36.2 Å². The zero-order valence-corrected chi connectivity index (χ0v) is 12.2. The molecule has 2 aliphatic rings. The van der Waals surface area contributed by atoms with Gasteiger partial charge in [-0.1, -0.05) is 6.07 Å². The van der Waals surface area contributed by atoms with Crippen LogP contribution in [0, 0.1) is 0 Å². The maximum Gasteiger partial charge on any atom is 0.246 e. The molecule has 0 spiro atoms. The molecule has 21 heavy (non-hydrogen) atoms. The molecule has 0 bridgehead atoms. The van der Waals surface area contributed by atoms with Gasteiger partial charge in [-0.2, -0.15) is 0 Å². The first kappa shape index (κ1) is 13.9. The number of ether oxygens (including phenoxy) is 2. The Hall–Kier alpha value is -2.01. The maximum atomic E-state index is 12.2. The quantitative estimate of drug-likeness (QED) is 0.859. The molecule has 3 rings (SSSR count). The highest BCUT2D eigenvalue weighted by molar-refractivity contribution is 5.92. The Morgan fingerprint density at radius 3 is 3.10 bits per heavy atom. The van der Waals surface area contributed by atoms with Crippen LogP contribution < -0.4 is 14.8 Å². The normalized spacial score (nSPS) is 21.0. The molecule has 0 radical (unpaired) electrons. The van der Waals surface area contributed by atoms with Gasteiger partial charge in [0.05, 0.1) is 0 Å². The predicted molar refractivity (Wildman–Crippen MR) is 80.3 cm³/mol. The van der Waals surface area contributed by atoms with E-state index in [0.717, 1.165) is 43.0 Å². The first-order valence-corrected chi connectivity index (χ1v) is 7.30. The number of nitrogens with one attached hydrogen (secondary N) is 1. The van der Waals surface area contributed by atoms with Crippen LogP contribution in [0.4, 0.5) is 0 Å². The van der Waals surface area contributed by atoms with Crippen molar-refractivity contribution in [1.82, 2.24) is 10.2 Å². The zero-order valence-electron chi connectivity index (χ0n) is 12.2. The Morgan fingerprint density at radius 2 is 2.24 bits per heavy atom. The third kappa shape index (κ3) is 3.19. The minimum absolute atomic E-state index is 0.0626. The maximum absolute atomic E-state index is 12.2. The predicted octanol–water partition coefficient (Wildman–Crippen LogP) is 1.64. The van der Waals surface area contributed by atoms with Gasteiger partial charge >= 0.3 is 0 Å². The Bertz CT molecular complexity index is 556. The van der Waals surface area contributed by atoms with Crippen molar-refractivity contribution < 1.29 is 14.3 Å². The van der Waals surface area contributed by atoms with Gasteiger partial charge in [0.2, 0.25) is 12.7 Å². The van der Waals surface area contributed by atoms with E-state index in [0.29, 0.717) is 6.04 Å². The van der Waals surface area contributed by atoms with Crippen LogP contribution in [0.2, 0.25) is 0 Å². The second-order valence-electron chi connectivity index (χ2n) is 5.36. The van der Waals surface area contributed by atoms with Gasteiger partial charge in [0.15, 0.2) is 11.5 Å². The number of rotatable bonds is 3. The monoisotopic (exact) mass is 288 g/mol. The molecule has 0 saturated carbocycles. The third-order valence-corrected chi connectivity index (χ3v) is 3.96. The average Bonchev–Trinajstić information content (AvgIpc) is 3.00. The highest BCUT2D eigenvalue weighted by Gasteiger charge is 2.21. The molecule has 1 amide bonds. The fourth-order valence-electron chi connectivity index (χ4n) is 2.70. The number of amides is 1. The first-order chi connectivity index (χ1) is 10.3. The molecule has 2 aliphatic heterocycles. The number of fused-ring (bicyclic) bond motifs is 1. The van der Waals surface area contributed by atoms with E-state index in [1.165, 1.54) is 0 Å². The van der Waals surface area contributed by atoms with Crippen molar-refractivity contribution in [2.24, 2.45) is 0 Å². The topological polar surface area (TPSA) is 50.8 Å². The molecule has 1 fully saturated rings. The molecule has 1 atom stereocenters. The first-order valence-electron chi connectivity index (χ1n) is 7.30. The van der Waals surface area contributed by atoms with E-state index in [9.17, 15) is 4.79 Å². The van der Waals surface area contributed by atoms with Crippen molar-refractivity contribution >= 4 is 12.0 Å². The molecular formula is C16H20N2O3. The van der Waals surface area contributed by atoms with E-state index in [2.05, 4.69) is 5.32 Å². The SMILES string of the molecule is CNC1CCCN(C(=O)C=Cc2ccc3c(c2)OCO3)C1. The van der Waals surface area contributed by atoms with Crippen LogP contribution in [0.25, 0.3) is 6.08 Å². The fourth-order valence-corrected chi connectivity index (χ4v) is 2.70. The molecule has 0 aromatic heterocycles. The number of carbonyl (C=O) groups excluding carboxylic acids is 1. The van der Waals surface area contributed by atoms with Gasteiger partial charge in [-0.05, 0) is 43.7 Å². The van der Waals surface area contributed by atoms with Crippen LogP contribution in [0.5, 0.6) is 11.5 Å². The standard InChI is InChI=1S/C16H20N2O3/c1-17-13-3-2-8-18(10-13)16(19)7-5-12-4-6-14-15(9-12)21-11-20-14/h4-7,9,13,17H,2-3,8,10-11H2,1H3. The smallest absolute Gasteiger partial charge is 0.246 e. The van der Waals surface area contributed by atoms with Crippen LogP contribution in [0.3, 0.4) is 0 Å². The Kier molecular flexibility index (Phi) is 4.10. The lowest BCUT2D eigenvalue weighted by atomic mass is 10.1. The van der Waals surface area contributed by atoms with Crippen LogP contribution in [0.1, 0.15) is 18.4 Å². The van der Waals surface area contributed by atoms with Crippen molar-refractivity contribution in [3.05, 3.63) is 29.8 Å². The lowest BCUT2D eigenvalue weighted by Gasteiger charge is -2.31. The summed E-state index contributed by atoms with van der Waals surface area (Å²) in [5.74, 6) is 1.55. The Morgan fingerprint density at radius 1 is 1.38 bits per heavy atom. The van der Waals surface area contributed by atoms with E-state index in [-0.39, 0.29) is 12.7 Å². The molecule has 5 heteroatoms. The number of likely N-dealkylation sites (tertiary alicyclic amines) is 1. The van der Waals surface area contributed by atoms with Gasteiger partial charge < -0.3 is 19.7 Å². The van der Waals surface area contributed by atoms with Crippen molar-refractivity contribution in [3.63, 3.8) is 0 Å².